The van der Waals surface area contributed by atoms with Gasteiger partial charge in [0.25, 0.3) is 0 Å². The van der Waals surface area contributed by atoms with E-state index in [2.05, 4.69) is 90.1 Å². The molecule has 2 heterocycles. The van der Waals surface area contributed by atoms with Gasteiger partial charge in [-0.1, -0.05) is 90.1 Å². The average Bonchev–Trinajstić information content (AvgIpc) is 3.01. The highest BCUT2D eigenvalue weighted by Gasteiger charge is 2.23. The van der Waals surface area contributed by atoms with Crippen molar-refractivity contribution in [1.82, 2.24) is 19.9 Å². The summed E-state index contributed by atoms with van der Waals surface area (Å²) in [4.78, 5) is 20.1. The lowest BCUT2D eigenvalue weighted by Gasteiger charge is -2.20. The maximum absolute atomic E-state index is 5.95. The molecule has 0 aliphatic rings. The Hall–Kier alpha value is -4.58. The number of hydrogen-bond acceptors (Lipinski definition) is 6. The van der Waals surface area contributed by atoms with Crippen molar-refractivity contribution in [2.24, 2.45) is 0 Å². The van der Waals surface area contributed by atoms with E-state index in [1.165, 1.54) is 11.1 Å². The van der Waals surface area contributed by atoms with Crippen LogP contribution in [0.2, 0.25) is 0 Å². The molecule has 3 aromatic carbocycles. The van der Waals surface area contributed by atoms with Gasteiger partial charge in [-0.25, -0.2) is 19.9 Å². The summed E-state index contributed by atoms with van der Waals surface area (Å²) in [7, 11) is 3.34. The molecule has 0 fully saturated rings. The lowest BCUT2D eigenvalue weighted by atomic mass is 9.86. The summed E-state index contributed by atoms with van der Waals surface area (Å²) < 4.78 is 11.9. The summed E-state index contributed by atoms with van der Waals surface area (Å²) >= 11 is 0. The fourth-order valence-electron chi connectivity index (χ4n) is 5.79. The summed E-state index contributed by atoms with van der Waals surface area (Å²) in [6, 6.07) is 21.2. The molecule has 0 bridgehead atoms. The van der Waals surface area contributed by atoms with Gasteiger partial charge in [-0.2, -0.15) is 0 Å². The van der Waals surface area contributed by atoms with Crippen LogP contribution in [-0.2, 0) is 10.8 Å². The molecular formula is C40H46N4O2. The maximum Gasteiger partial charge on any atom is 0.129 e. The van der Waals surface area contributed by atoms with Crippen LogP contribution in [0.1, 0.15) is 75.4 Å². The molecule has 6 heteroatoms. The Morgan fingerprint density at radius 2 is 0.717 bits per heavy atom. The highest BCUT2D eigenvalue weighted by Crippen LogP contribution is 2.42. The standard InChI is InChI=1S/C40H46N4O2/c1-23-35(27-13-17-29(18-14-27)39(5,6)7)41-25(3)37(43-23)31-21-34(46-12)32(22-33(31)45-11)38-26(4)42-36(24(2)44-38)28-15-19-30(20-16-28)40(8,9)10/h13-22H,1-12H3. The molecule has 0 N–H and O–H groups in total. The second-order valence-corrected chi connectivity index (χ2v) is 14.1. The third kappa shape index (κ3) is 6.39. The summed E-state index contributed by atoms with van der Waals surface area (Å²) in [5.41, 5.74) is 13.0. The number of ether oxygens (including phenoxy) is 2. The van der Waals surface area contributed by atoms with Crippen molar-refractivity contribution in [3.8, 4) is 56.5 Å². The molecule has 0 saturated heterocycles. The number of methoxy groups -OCH3 is 2. The van der Waals surface area contributed by atoms with Gasteiger partial charge in [0.2, 0.25) is 0 Å². The molecule has 0 amide bonds. The third-order valence-corrected chi connectivity index (χ3v) is 8.57. The fraction of sp³-hybridized carbons (Fsp3) is 0.350. The number of hydrogen-bond donors (Lipinski definition) is 0. The van der Waals surface area contributed by atoms with Gasteiger partial charge in [-0.15, -0.1) is 0 Å². The Balaban J connectivity index is 1.55. The first-order chi connectivity index (χ1) is 21.6. The molecule has 0 atom stereocenters. The fourth-order valence-corrected chi connectivity index (χ4v) is 5.79. The molecule has 46 heavy (non-hydrogen) atoms. The van der Waals surface area contributed by atoms with Gasteiger partial charge >= 0.3 is 0 Å². The predicted octanol–water partition coefficient (Wildman–Crippen LogP) is 9.78. The van der Waals surface area contributed by atoms with E-state index in [1.54, 1.807) is 14.2 Å². The van der Waals surface area contributed by atoms with Crippen LogP contribution in [0.3, 0.4) is 0 Å². The van der Waals surface area contributed by atoms with Crippen LogP contribution < -0.4 is 9.47 Å². The lowest BCUT2D eigenvalue weighted by molar-refractivity contribution is 0.405. The minimum atomic E-state index is 0.0873. The summed E-state index contributed by atoms with van der Waals surface area (Å²) in [5.74, 6) is 1.33. The number of benzene rings is 3. The molecule has 2 aromatic heterocycles. The molecule has 0 aliphatic carbocycles. The van der Waals surface area contributed by atoms with Gasteiger partial charge in [-0.05, 0) is 61.8 Å². The van der Waals surface area contributed by atoms with Crippen LogP contribution in [0.15, 0.2) is 60.7 Å². The number of aromatic nitrogens is 4. The van der Waals surface area contributed by atoms with Gasteiger partial charge in [0.15, 0.2) is 0 Å². The third-order valence-electron chi connectivity index (χ3n) is 8.57. The number of aryl methyl sites for hydroxylation is 4. The van der Waals surface area contributed by atoms with Crippen molar-refractivity contribution in [1.29, 1.82) is 0 Å². The minimum Gasteiger partial charge on any atom is -0.496 e. The van der Waals surface area contributed by atoms with Crippen LogP contribution in [0, 0.1) is 27.7 Å². The van der Waals surface area contributed by atoms with Crippen molar-refractivity contribution in [3.05, 3.63) is 94.6 Å². The Morgan fingerprint density at radius 3 is 1.00 bits per heavy atom. The van der Waals surface area contributed by atoms with Crippen molar-refractivity contribution in [2.45, 2.75) is 80.1 Å². The van der Waals surface area contributed by atoms with Crippen LogP contribution in [-0.4, -0.2) is 34.2 Å². The number of nitrogens with zero attached hydrogens (tertiary/aromatic N) is 4. The Labute approximate surface area is 274 Å². The zero-order chi connectivity index (χ0) is 33.6. The van der Waals surface area contributed by atoms with Crippen LogP contribution >= 0.6 is 0 Å². The molecule has 0 radical (unpaired) electrons. The largest absolute Gasteiger partial charge is 0.496 e. The van der Waals surface area contributed by atoms with Crippen molar-refractivity contribution in [2.75, 3.05) is 14.2 Å². The van der Waals surface area contributed by atoms with E-state index in [1.807, 2.05) is 39.8 Å². The predicted molar refractivity (Wildman–Crippen MR) is 189 cm³/mol. The zero-order valence-electron chi connectivity index (χ0n) is 29.4. The van der Waals surface area contributed by atoms with Gasteiger partial charge in [0.05, 0.1) is 59.8 Å². The normalized spacial score (nSPS) is 11.9. The summed E-state index contributed by atoms with van der Waals surface area (Å²) in [6.07, 6.45) is 0. The quantitative estimate of drug-likeness (QED) is 0.190. The Morgan fingerprint density at radius 1 is 0.435 bits per heavy atom. The van der Waals surface area contributed by atoms with E-state index in [4.69, 9.17) is 29.4 Å². The molecule has 0 spiro atoms. The van der Waals surface area contributed by atoms with E-state index in [0.717, 1.165) is 67.8 Å². The van der Waals surface area contributed by atoms with E-state index in [0.29, 0.717) is 11.5 Å². The second-order valence-electron chi connectivity index (χ2n) is 14.1. The number of rotatable bonds is 6. The highest BCUT2D eigenvalue weighted by molar-refractivity contribution is 5.81. The molecular weight excluding hydrogens is 568 g/mol. The SMILES string of the molecule is COc1cc(-c2nc(C)c(-c3ccc(C(C)(C)C)cc3)nc2C)c(OC)cc1-c1nc(C)c(-c2ccc(C(C)(C)C)cc2)nc1C. The van der Waals surface area contributed by atoms with Crippen LogP contribution in [0.4, 0.5) is 0 Å². The van der Waals surface area contributed by atoms with E-state index in [9.17, 15) is 0 Å². The highest BCUT2D eigenvalue weighted by atomic mass is 16.5. The lowest BCUT2D eigenvalue weighted by Crippen LogP contribution is -2.10. The van der Waals surface area contributed by atoms with Gasteiger partial charge < -0.3 is 9.47 Å². The molecule has 238 valence electrons. The monoisotopic (exact) mass is 614 g/mol. The first kappa shape index (κ1) is 32.8. The topological polar surface area (TPSA) is 70.0 Å². The first-order valence-corrected chi connectivity index (χ1v) is 15.8. The molecule has 5 rings (SSSR count). The van der Waals surface area contributed by atoms with E-state index >= 15 is 0 Å². The molecule has 0 saturated carbocycles. The molecule has 6 nitrogen and oxygen atoms in total. The molecule has 5 aromatic rings. The summed E-state index contributed by atoms with van der Waals surface area (Å²) in [5, 5.41) is 0. The van der Waals surface area contributed by atoms with Crippen LogP contribution in [0.25, 0.3) is 45.0 Å². The van der Waals surface area contributed by atoms with E-state index < -0.39 is 0 Å². The smallest absolute Gasteiger partial charge is 0.129 e. The molecule has 0 aliphatic heterocycles. The minimum absolute atomic E-state index is 0.0873. The van der Waals surface area contributed by atoms with Gasteiger partial charge in [0.1, 0.15) is 11.5 Å². The van der Waals surface area contributed by atoms with Crippen molar-refractivity contribution >= 4 is 0 Å². The van der Waals surface area contributed by atoms with Gasteiger partial charge in [0, 0.05) is 22.3 Å². The first-order valence-electron chi connectivity index (χ1n) is 15.8. The maximum atomic E-state index is 5.95. The molecule has 0 unspecified atom stereocenters. The van der Waals surface area contributed by atoms with E-state index in [-0.39, 0.29) is 10.8 Å². The second kappa shape index (κ2) is 12.3. The van der Waals surface area contributed by atoms with Crippen LogP contribution in [0.5, 0.6) is 11.5 Å². The van der Waals surface area contributed by atoms with Gasteiger partial charge in [-0.3, -0.25) is 0 Å². The Bertz CT molecular complexity index is 1750. The van der Waals surface area contributed by atoms with Crippen molar-refractivity contribution in [3.63, 3.8) is 0 Å². The van der Waals surface area contributed by atoms with Crippen molar-refractivity contribution < 1.29 is 9.47 Å². The Kier molecular flexibility index (Phi) is 8.78. The summed E-state index contributed by atoms with van der Waals surface area (Å²) in [6.45, 7) is 21.3. The zero-order valence-corrected chi connectivity index (χ0v) is 29.4. The average molecular weight is 615 g/mol.